The molecule has 3 N–H and O–H groups in total. The molecule has 0 spiro atoms. The van der Waals surface area contributed by atoms with Crippen molar-refractivity contribution in [2.24, 2.45) is 5.92 Å². The predicted octanol–water partition coefficient (Wildman–Crippen LogP) is 0.118. The van der Waals surface area contributed by atoms with Crippen LogP contribution in [0.25, 0.3) is 0 Å². The van der Waals surface area contributed by atoms with Crippen molar-refractivity contribution in [2.45, 2.75) is 65.1 Å². The first kappa shape index (κ1) is 19.9. The van der Waals surface area contributed by atoms with Crippen molar-refractivity contribution in [3.05, 3.63) is 0 Å². The number of nitrogens with zero attached hydrogens (tertiary/aromatic N) is 1. The first-order valence-electron chi connectivity index (χ1n) is 8.29. The van der Waals surface area contributed by atoms with E-state index in [-0.39, 0.29) is 24.2 Å². The van der Waals surface area contributed by atoms with Crippen molar-refractivity contribution >= 4 is 23.7 Å². The number of carboxylic acid groups (broad SMARTS) is 1. The van der Waals surface area contributed by atoms with Gasteiger partial charge in [0.25, 0.3) is 0 Å². The molecule has 0 aromatic rings. The van der Waals surface area contributed by atoms with Crippen LogP contribution in [0.2, 0.25) is 0 Å². The summed E-state index contributed by atoms with van der Waals surface area (Å²) in [6, 6.07) is -2.36. The monoisotopic (exact) mass is 341 g/mol. The second kappa shape index (κ2) is 8.65. The lowest BCUT2D eigenvalue weighted by atomic mass is 10.0. The number of rotatable bonds is 7. The van der Waals surface area contributed by atoms with E-state index in [9.17, 15) is 19.2 Å². The summed E-state index contributed by atoms with van der Waals surface area (Å²) < 4.78 is 0. The fourth-order valence-corrected chi connectivity index (χ4v) is 2.82. The highest BCUT2D eigenvalue weighted by atomic mass is 16.4. The maximum atomic E-state index is 12.7. The van der Waals surface area contributed by atoms with Crippen LogP contribution in [-0.4, -0.2) is 58.4 Å². The quantitative estimate of drug-likeness (QED) is 0.608. The normalized spacial score (nSPS) is 19.7. The van der Waals surface area contributed by atoms with Crippen molar-refractivity contribution < 1.29 is 24.3 Å². The summed E-state index contributed by atoms with van der Waals surface area (Å²) in [6.45, 7) is 7.07. The highest BCUT2D eigenvalue weighted by Crippen LogP contribution is 2.20. The molecular formula is C16H27N3O5. The molecular weight excluding hydrogens is 314 g/mol. The van der Waals surface area contributed by atoms with Crippen LogP contribution in [0.4, 0.5) is 0 Å². The third-order valence-corrected chi connectivity index (χ3v) is 4.15. The van der Waals surface area contributed by atoms with Crippen LogP contribution in [0.1, 0.15) is 47.0 Å². The molecule has 8 nitrogen and oxygen atoms in total. The number of hydrogen-bond acceptors (Lipinski definition) is 4. The standard InChI is InChI=1S/C16H27N3O5/c1-5-11(16(23)24)18-14(21)12-7-6-8-19(12)15(22)13(9(2)3)17-10(4)20/h9,11-13H,5-8H2,1-4H3,(H,17,20)(H,18,21)(H,23,24)/t11-,12-,13-/m0/s1. The van der Waals surface area contributed by atoms with E-state index >= 15 is 0 Å². The van der Waals surface area contributed by atoms with Gasteiger partial charge < -0.3 is 20.6 Å². The average molecular weight is 341 g/mol. The molecule has 8 heteroatoms. The number of amides is 3. The highest BCUT2D eigenvalue weighted by molar-refractivity contribution is 5.93. The summed E-state index contributed by atoms with van der Waals surface area (Å²) in [5.41, 5.74) is 0. The van der Waals surface area contributed by atoms with Gasteiger partial charge in [-0.1, -0.05) is 20.8 Å². The number of carbonyl (C=O) groups is 4. The van der Waals surface area contributed by atoms with Gasteiger partial charge >= 0.3 is 5.97 Å². The molecule has 1 heterocycles. The van der Waals surface area contributed by atoms with Crippen LogP contribution < -0.4 is 10.6 Å². The molecule has 0 saturated carbocycles. The van der Waals surface area contributed by atoms with Crippen molar-refractivity contribution in [3.8, 4) is 0 Å². The summed E-state index contributed by atoms with van der Waals surface area (Å²) in [4.78, 5) is 49.0. The molecule has 0 radical (unpaired) electrons. The van der Waals surface area contributed by atoms with Crippen molar-refractivity contribution in [3.63, 3.8) is 0 Å². The zero-order chi connectivity index (χ0) is 18.4. The second-order valence-corrected chi connectivity index (χ2v) is 6.42. The molecule has 1 rings (SSSR count). The van der Waals surface area contributed by atoms with Gasteiger partial charge in [0, 0.05) is 13.5 Å². The third-order valence-electron chi connectivity index (χ3n) is 4.15. The van der Waals surface area contributed by atoms with Crippen LogP contribution in [0.5, 0.6) is 0 Å². The maximum Gasteiger partial charge on any atom is 0.326 e. The number of aliphatic carboxylic acids is 1. The van der Waals surface area contributed by atoms with Gasteiger partial charge in [-0.25, -0.2) is 4.79 Å². The van der Waals surface area contributed by atoms with Gasteiger partial charge in [-0.2, -0.15) is 0 Å². The molecule has 0 aromatic carbocycles. The zero-order valence-electron chi connectivity index (χ0n) is 14.7. The summed E-state index contributed by atoms with van der Waals surface area (Å²) in [5, 5.41) is 14.2. The van der Waals surface area contributed by atoms with Crippen LogP contribution in [0.15, 0.2) is 0 Å². The SMILES string of the molecule is CC[C@H](NC(=O)[C@@H]1CCCN1C(=O)[C@@H](NC(C)=O)C(C)C)C(=O)O. The van der Waals surface area contributed by atoms with E-state index in [0.717, 1.165) is 0 Å². The predicted molar refractivity (Wildman–Crippen MR) is 87.0 cm³/mol. The molecule has 0 aromatic heterocycles. The Morgan fingerprint density at radius 3 is 2.29 bits per heavy atom. The van der Waals surface area contributed by atoms with E-state index < -0.39 is 30.0 Å². The van der Waals surface area contributed by atoms with Gasteiger partial charge in [-0.05, 0) is 25.2 Å². The lowest BCUT2D eigenvalue weighted by molar-refractivity contribution is -0.145. The van der Waals surface area contributed by atoms with E-state index in [0.29, 0.717) is 19.4 Å². The fourth-order valence-electron chi connectivity index (χ4n) is 2.82. The molecule has 136 valence electrons. The first-order valence-corrected chi connectivity index (χ1v) is 8.29. The van der Waals surface area contributed by atoms with Gasteiger partial charge in [-0.3, -0.25) is 14.4 Å². The minimum Gasteiger partial charge on any atom is -0.480 e. The van der Waals surface area contributed by atoms with Crippen molar-refractivity contribution in [1.82, 2.24) is 15.5 Å². The Balaban J connectivity index is 2.86. The fraction of sp³-hybridized carbons (Fsp3) is 0.750. The topological polar surface area (TPSA) is 116 Å². The molecule has 0 aliphatic carbocycles. The molecule has 0 bridgehead atoms. The Morgan fingerprint density at radius 1 is 1.21 bits per heavy atom. The summed E-state index contributed by atoms with van der Waals surface area (Å²) in [5.74, 6) is -2.28. The average Bonchev–Trinajstić information content (AvgIpc) is 2.98. The minimum atomic E-state index is -1.10. The lowest BCUT2D eigenvalue weighted by Crippen LogP contribution is -2.56. The van der Waals surface area contributed by atoms with E-state index in [1.807, 2.05) is 13.8 Å². The van der Waals surface area contributed by atoms with Crippen LogP contribution in [-0.2, 0) is 19.2 Å². The minimum absolute atomic E-state index is 0.117. The van der Waals surface area contributed by atoms with Crippen LogP contribution in [0, 0.1) is 5.92 Å². The van der Waals surface area contributed by atoms with E-state index in [2.05, 4.69) is 10.6 Å². The molecule has 0 unspecified atom stereocenters. The molecule has 3 atom stereocenters. The number of nitrogens with one attached hydrogen (secondary N) is 2. The van der Waals surface area contributed by atoms with Crippen LogP contribution >= 0.6 is 0 Å². The van der Waals surface area contributed by atoms with Crippen LogP contribution in [0.3, 0.4) is 0 Å². The van der Waals surface area contributed by atoms with Crippen molar-refractivity contribution in [2.75, 3.05) is 6.54 Å². The Kier molecular flexibility index (Phi) is 7.18. The Labute approximate surface area is 142 Å². The van der Waals surface area contributed by atoms with Crippen molar-refractivity contribution in [1.29, 1.82) is 0 Å². The summed E-state index contributed by atoms with van der Waals surface area (Å²) in [7, 11) is 0. The summed E-state index contributed by atoms with van der Waals surface area (Å²) in [6.07, 6.45) is 1.42. The number of carbonyl (C=O) groups excluding carboxylic acids is 3. The molecule has 1 aliphatic rings. The Hall–Kier alpha value is -2.12. The molecule has 3 amide bonds. The largest absolute Gasteiger partial charge is 0.480 e. The lowest BCUT2D eigenvalue weighted by Gasteiger charge is -2.30. The highest BCUT2D eigenvalue weighted by Gasteiger charge is 2.39. The number of carboxylic acids is 1. The van der Waals surface area contributed by atoms with Gasteiger partial charge in [0.05, 0.1) is 0 Å². The Morgan fingerprint density at radius 2 is 1.83 bits per heavy atom. The number of hydrogen-bond donors (Lipinski definition) is 3. The molecule has 1 aliphatic heterocycles. The van der Waals surface area contributed by atoms with E-state index in [1.165, 1.54) is 11.8 Å². The summed E-state index contributed by atoms with van der Waals surface area (Å²) >= 11 is 0. The van der Waals surface area contributed by atoms with Gasteiger partial charge in [0.15, 0.2) is 0 Å². The molecule has 24 heavy (non-hydrogen) atoms. The van der Waals surface area contributed by atoms with E-state index in [4.69, 9.17) is 5.11 Å². The van der Waals surface area contributed by atoms with E-state index in [1.54, 1.807) is 6.92 Å². The van der Waals surface area contributed by atoms with Gasteiger partial charge in [0.2, 0.25) is 17.7 Å². The number of likely N-dealkylation sites (tertiary alicyclic amines) is 1. The third kappa shape index (κ3) is 4.94. The first-order chi connectivity index (χ1) is 11.2. The molecule has 1 saturated heterocycles. The maximum absolute atomic E-state index is 12.7. The van der Waals surface area contributed by atoms with Gasteiger partial charge in [0.1, 0.15) is 18.1 Å². The molecule has 1 fully saturated rings. The van der Waals surface area contributed by atoms with Gasteiger partial charge in [-0.15, -0.1) is 0 Å². The second-order valence-electron chi connectivity index (χ2n) is 6.42. The Bertz CT molecular complexity index is 506. The zero-order valence-corrected chi connectivity index (χ0v) is 14.7. The smallest absolute Gasteiger partial charge is 0.326 e.